The van der Waals surface area contributed by atoms with E-state index in [2.05, 4.69) is 14.9 Å². The Bertz CT molecular complexity index is 1700. The van der Waals surface area contributed by atoms with Gasteiger partial charge in [0.2, 0.25) is 15.2 Å². The number of alkyl halides is 2. The first-order chi connectivity index (χ1) is 19.9. The van der Waals surface area contributed by atoms with Gasteiger partial charge in [0.15, 0.2) is 5.01 Å². The van der Waals surface area contributed by atoms with E-state index in [-0.39, 0.29) is 41.2 Å². The number of aromatic nitrogens is 4. The molecule has 228 valence electrons. The van der Waals surface area contributed by atoms with Crippen LogP contribution in [0, 0.1) is 0 Å². The van der Waals surface area contributed by atoms with Crippen molar-refractivity contribution in [2.24, 2.45) is 0 Å². The summed E-state index contributed by atoms with van der Waals surface area (Å²) in [5, 5.41) is 6.72. The summed E-state index contributed by atoms with van der Waals surface area (Å²) in [5.41, 5.74) is -1.00. The SMILES string of the molecule is CCn1c(=O)n(-c2nnc(C(F)F)s2)c2cc(S(=O)(=O)NC3(C)COC3)cc(N3CCN(C(=O)C4(OC)CC4)CC3)c21. The Hall–Kier alpha value is -2.99. The lowest BCUT2D eigenvalue weighted by molar-refractivity contribution is -0.144. The van der Waals surface area contributed by atoms with Crippen molar-refractivity contribution in [1.82, 2.24) is 29.0 Å². The zero-order valence-electron chi connectivity index (χ0n) is 23.3. The number of hydrogen-bond donors (Lipinski definition) is 1. The molecule has 1 N–H and O–H groups in total. The van der Waals surface area contributed by atoms with Gasteiger partial charge in [-0.25, -0.2) is 31.3 Å². The number of methoxy groups -OCH3 is 1. The molecule has 3 aromatic rings. The molecule has 1 aliphatic carbocycles. The van der Waals surface area contributed by atoms with Crippen molar-refractivity contribution in [3.63, 3.8) is 0 Å². The number of rotatable bonds is 9. The van der Waals surface area contributed by atoms with E-state index >= 15 is 0 Å². The fourth-order valence-corrected chi connectivity index (χ4v) is 7.66. The van der Waals surface area contributed by atoms with Gasteiger partial charge in [-0.15, -0.1) is 10.2 Å². The number of carbonyl (C=O) groups excluding carboxylic acids is 1. The Morgan fingerprint density at radius 2 is 1.88 bits per heavy atom. The number of halogens is 2. The number of fused-ring (bicyclic) bond motifs is 1. The minimum Gasteiger partial charge on any atom is -0.377 e. The molecule has 42 heavy (non-hydrogen) atoms. The minimum atomic E-state index is -4.10. The molecule has 0 spiro atoms. The molecule has 1 saturated carbocycles. The first kappa shape index (κ1) is 29.1. The molecule has 0 unspecified atom stereocenters. The molecule has 0 atom stereocenters. The van der Waals surface area contributed by atoms with Gasteiger partial charge in [0.05, 0.1) is 40.4 Å². The number of piperazine rings is 1. The Kier molecular flexibility index (Phi) is 7.15. The molecule has 2 saturated heterocycles. The van der Waals surface area contributed by atoms with Crippen molar-refractivity contribution in [2.75, 3.05) is 51.4 Å². The van der Waals surface area contributed by atoms with E-state index in [1.807, 2.05) is 4.90 Å². The molecular formula is C25H31F2N7O6S2. The monoisotopic (exact) mass is 627 g/mol. The molecule has 1 amide bonds. The molecule has 0 radical (unpaired) electrons. The van der Waals surface area contributed by atoms with Crippen LogP contribution in [-0.2, 0) is 30.8 Å². The molecule has 6 rings (SSSR count). The number of imidazole rings is 1. The van der Waals surface area contributed by atoms with Gasteiger partial charge in [0.25, 0.3) is 12.3 Å². The van der Waals surface area contributed by atoms with Crippen LogP contribution in [0.5, 0.6) is 0 Å². The number of ether oxygens (including phenoxy) is 2. The van der Waals surface area contributed by atoms with Gasteiger partial charge < -0.3 is 19.3 Å². The molecule has 3 aliphatic rings. The van der Waals surface area contributed by atoms with Crippen LogP contribution >= 0.6 is 11.3 Å². The highest BCUT2D eigenvalue weighted by Gasteiger charge is 2.52. The second kappa shape index (κ2) is 10.3. The van der Waals surface area contributed by atoms with Crippen LogP contribution in [0.2, 0.25) is 0 Å². The number of sulfonamides is 1. The fraction of sp³-hybridized carbons (Fsp3) is 0.600. The second-order valence-electron chi connectivity index (χ2n) is 11.0. The summed E-state index contributed by atoms with van der Waals surface area (Å²) in [6.45, 7) is 5.64. The molecule has 17 heteroatoms. The Morgan fingerprint density at radius 3 is 2.40 bits per heavy atom. The van der Waals surface area contributed by atoms with Crippen molar-refractivity contribution in [2.45, 2.75) is 55.7 Å². The molecule has 2 aromatic heterocycles. The van der Waals surface area contributed by atoms with E-state index in [1.54, 1.807) is 18.7 Å². The van der Waals surface area contributed by atoms with Gasteiger partial charge in [-0.05, 0) is 38.8 Å². The van der Waals surface area contributed by atoms with Crippen molar-refractivity contribution in [3.05, 3.63) is 27.6 Å². The lowest BCUT2D eigenvalue weighted by Crippen LogP contribution is -2.59. The second-order valence-corrected chi connectivity index (χ2v) is 13.7. The summed E-state index contributed by atoms with van der Waals surface area (Å²) in [7, 11) is -2.57. The average molecular weight is 628 g/mol. The van der Waals surface area contributed by atoms with Crippen molar-refractivity contribution in [1.29, 1.82) is 0 Å². The van der Waals surface area contributed by atoms with Crippen LogP contribution in [0.4, 0.5) is 14.5 Å². The number of benzene rings is 1. The molecule has 0 bridgehead atoms. The third-order valence-corrected chi connectivity index (χ3v) is 10.6. The maximum atomic E-state index is 13.7. The van der Waals surface area contributed by atoms with Crippen LogP contribution in [0.3, 0.4) is 0 Å². The lowest BCUT2D eigenvalue weighted by atomic mass is 10.0. The van der Waals surface area contributed by atoms with Gasteiger partial charge >= 0.3 is 5.69 Å². The largest absolute Gasteiger partial charge is 0.377 e. The molecular weight excluding hydrogens is 596 g/mol. The third-order valence-electron chi connectivity index (χ3n) is 8.02. The van der Waals surface area contributed by atoms with E-state index in [9.17, 15) is 26.8 Å². The summed E-state index contributed by atoms with van der Waals surface area (Å²) in [6.07, 6.45) is -1.52. The zero-order valence-corrected chi connectivity index (χ0v) is 24.9. The molecule has 13 nitrogen and oxygen atoms in total. The quantitative estimate of drug-likeness (QED) is 0.374. The highest BCUT2D eigenvalue weighted by Crippen LogP contribution is 2.41. The summed E-state index contributed by atoms with van der Waals surface area (Å²) >= 11 is 0.564. The van der Waals surface area contributed by atoms with E-state index in [0.29, 0.717) is 61.6 Å². The molecule has 3 fully saturated rings. The van der Waals surface area contributed by atoms with Crippen LogP contribution in [0.15, 0.2) is 21.8 Å². The molecule has 2 aliphatic heterocycles. The summed E-state index contributed by atoms with van der Waals surface area (Å²) in [4.78, 5) is 30.3. The van der Waals surface area contributed by atoms with E-state index in [0.717, 1.165) is 4.57 Å². The lowest BCUT2D eigenvalue weighted by Gasteiger charge is -2.39. The normalized spacial score (nSPS) is 19.9. The topological polar surface area (TPSA) is 141 Å². The van der Waals surface area contributed by atoms with Crippen molar-refractivity contribution in [3.8, 4) is 5.13 Å². The number of anilines is 1. The third kappa shape index (κ3) is 4.80. The Morgan fingerprint density at radius 1 is 1.19 bits per heavy atom. The van der Waals surface area contributed by atoms with E-state index < -0.39 is 38.3 Å². The number of amides is 1. The predicted octanol–water partition coefficient (Wildman–Crippen LogP) is 1.50. The van der Waals surface area contributed by atoms with Gasteiger partial charge in [-0.3, -0.25) is 9.36 Å². The Balaban J connectivity index is 1.47. The van der Waals surface area contributed by atoms with Crippen molar-refractivity contribution < 1.29 is 31.5 Å². The van der Waals surface area contributed by atoms with E-state index in [1.165, 1.54) is 23.8 Å². The highest BCUT2D eigenvalue weighted by atomic mass is 32.2. The van der Waals surface area contributed by atoms with Crippen LogP contribution in [0.25, 0.3) is 16.2 Å². The average Bonchev–Trinajstić information content (AvgIpc) is 3.50. The standard InChI is InChI=1S/C25H31F2N7O6S2/c1-4-33-18-16(31-7-9-32(10-8-31)21(35)25(39-3)5-6-25)11-15(42(37,38)30-24(2)13-40-14-24)12-17(18)34(23(33)36)22-29-28-20(41-22)19(26)27/h11-12,19,30H,4-10,13-14H2,1-3H3. The smallest absolute Gasteiger partial charge is 0.335 e. The summed E-state index contributed by atoms with van der Waals surface area (Å²) in [6, 6.07) is 2.87. The van der Waals surface area contributed by atoms with Gasteiger partial charge in [0, 0.05) is 39.8 Å². The van der Waals surface area contributed by atoms with Crippen LogP contribution < -0.4 is 15.3 Å². The van der Waals surface area contributed by atoms with Crippen LogP contribution in [0.1, 0.15) is 38.1 Å². The number of carbonyl (C=O) groups is 1. The molecule has 1 aromatic carbocycles. The maximum Gasteiger partial charge on any atom is 0.335 e. The highest BCUT2D eigenvalue weighted by molar-refractivity contribution is 7.89. The van der Waals surface area contributed by atoms with E-state index in [4.69, 9.17) is 9.47 Å². The maximum absolute atomic E-state index is 13.7. The van der Waals surface area contributed by atoms with Gasteiger partial charge in [-0.2, -0.15) is 0 Å². The number of hydrogen-bond acceptors (Lipinski definition) is 10. The minimum absolute atomic E-state index is 0.0611. The van der Waals surface area contributed by atoms with Gasteiger partial charge in [-0.1, -0.05) is 11.3 Å². The predicted molar refractivity (Wildman–Crippen MR) is 149 cm³/mol. The van der Waals surface area contributed by atoms with Crippen molar-refractivity contribution >= 4 is 44.0 Å². The number of nitrogens with one attached hydrogen (secondary N) is 1. The first-order valence-electron chi connectivity index (χ1n) is 13.5. The number of nitrogens with zero attached hydrogens (tertiary/aromatic N) is 6. The first-order valence-corrected chi connectivity index (χ1v) is 15.8. The fourth-order valence-electron chi connectivity index (χ4n) is 5.53. The molecule has 4 heterocycles. The zero-order chi connectivity index (χ0) is 30.0. The number of aryl methyl sites for hydroxylation is 1. The van der Waals surface area contributed by atoms with Crippen LogP contribution in [-0.4, -0.2) is 96.2 Å². The summed E-state index contributed by atoms with van der Waals surface area (Å²) in [5.74, 6) is -0.0611. The summed E-state index contributed by atoms with van der Waals surface area (Å²) < 4.78 is 70.0. The Labute approximate surface area is 244 Å². The van der Waals surface area contributed by atoms with Gasteiger partial charge in [0.1, 0.15) is 5.60 Å².